The predicted molar refractivity (Wildman–Crippen MR) is 79.4 cm³/mol. The third kappa shape index (κ3) is 4.36. The zero-order valence-electron chi connectivity index (χ0n) is 13.0. The number of ether oxygens (including phenoxy) is 2. The van der Waals surface area contributed by atoms with Crippen molar-refractivity contribution in [2.24, 2.45) is 0 Å². The number of amides is 1. The van der Waals surface area contributed by atoms with Crippen LogP contribution in [-0.2, 0) is 4.74 Å². The van der Waals surface area contributed by atoms with Crippen LogP contribution in [0.2, 0.25) is 0 Å². The van der Waals surface area contributed by atoms with Crippen molar-refractivity contribution in [2.75, 3.05) is 19.7 Å². The molecular formula is C16H23NO4. The van der Waals surface area contributed by atoms with E-state index in [0.717, 1.165) is 5.56 Å². The number of aliphatic hydroxyl groups is 1. The molecule has 0 aromatic heterocycles. The van der Waals surface area contributed by atoms with Crippen LogP contribution in [0.5, 0.6) is 5.75 Å². The number of carbonyl (C=O) groups is 1. The van der Waals surface area contributed by atoms with Crippen LogP contribution in [-0.4, -0.2) is 47.0 Å². The molecule has 0 aliphatic carbocycles. The maximum absolute atomic E-state index is 11.8. The maximum Gasteiger partial charge on any atom is 0.410 e. The standard InChI is InChI=1S/C16H23NO4/c1-12-5-7-13(8-6-12)20-11-16(19)9-17(10-16)14(18)21-15(2,3)4/h5-8,19H,9-11H2,1-4H3. The molecule has 0 bridgehead atoms. The highest BCUT2D eigenvalue weighted by atomic mass is 16.6. The van der Waals surface area contributed by atoms with Gasteiger partial charge >= 0.3 is 6.09 Å². The predicted octanol–water partition coefficient (Wildman–Crippen LogP) is 2.36. The summed E-state index contributed by atoms with van der Waals surface area (Å²) >= 11 is 0. The van der Waals surface area contributed by atoms with E-state index in [9.17, 15) is 9.90 Å². The molecule has 1 fully saturated rings. The van der Waals surface area contributed by atoms with Crippen molar-refractivity contribution < 1.29 is 19.4 Å². The number of hydrogen-bond donors (Lipinski definition) is 1. The van der Waals surface area contributed by atoms with Gasteiger partial charge in [-0.3, -0.25) is 0 Å². The Morgan fingerprint density at radius 2 is 1.86 bits per heavy atom. The second-order valence-corrected chi connectivity index (χ2v) is 6.66. The zero-order chi connectivity index (χ0) is 15.7. The molecule has 0 radical (unpaired) electrons. The first-order valence-electron chi connectivity index (χ1n) is 7.07. The summed E-state index contributed by atoms with van der Waals surface area (Å²) in [6.07, 6.45) is -0.400. The minimum Gasteiger partial charge on any atom is -0.490 e. The van der Waals surface area contributed by atoms with E-state index in [1.54, 1.807) is 0 Å². The average molecular weight is 293 g/mol. The molecule has 5 heteroatoms. The van der Waals surface area contributed by atoms with Crippen LogP contribution in [0.15, 0.2) is 24.3 Å². The largest absolute Gasteiger partial charge is 0.490 e. The van der Waals surface area contributed by atoms with Crippen LogP contribution in [0.25, 0.3) is 0 Å². The molecule has 1 heterocycles. The summed E-state index contributed by atoms with van der Waals surface area (Å²) in [6, 6.07) is 7.63. The fourth-order valence-electron chi connectivity index (χ4n) is 2.06. The second kappa shape index (κ2) is 5.56. The third-order valence-electron chi connectivity index (χ3n) is 3.15. The Morgan fingerprint density at radius 3 is 2.38 bits per heavy atom. The normalized spacial score (nSPS) is 17.1. The molecule has 1 saturated heterocycles. The Labute approximate surface area is 125 Å². The highest BCUT2D eigenvalue weighted by molar-refractivity contribution is 5.69. The number of benzene rings is 1. The minimum absolute atomic E-state index is 0.162. The lowest BCUT2D eigenvalue weighted by atomic mass is 9.96. The quantitative estimate of drug-likeness (QED) is 0.929. The van der Waals surface area contributed by atoms with Gasteiger partial charge in [-0.2, -0.15) is 0 Å². The van der Waals surface area contributed by atoms with E-state index in [1.807, 2.05) is 52.0 Å². The highest BCUT2D eigenvalue weighted by Crippen LogP contribution is 2.24. The third-order valence-corrected chi connectivity index (χ3v) is 3.15. The highest BCUT2D eigenvalue weighted by Gasteiger charge is 2.45. The number of β-amino-alcohol motifs (C(OH)–C–C–N with tert-alkyl or cyclic N) is 1. The van der Waals surface area contributed by atoms with Crippen LogP contribution >= 0.6 is 0 Å². The lowest BCUT2D eigenvalue weighted by molar-refractivity contribution is -0.117. The molecule has 1 N–H and O–H groups in total. The first-order chi connectivity index (χ1) is 9.67. The Kier molecular flexibility index (Phi) is 4.14. The van der Waals surface area contributed by atoms with E-state index >= 15 is 0 Å². The van der Waals surface area contributed by atoms with Gasteiger partial charge in [0.05, 0.1) is 13.1 Å². The number of hydrogen-bond acceptors (Lipinski definition) is 4. The fourth-order valence-corrected chi connectivity index (χ4v) is 2.06. The SMILES string of the molecule is Cc1ccc(OCC2(O)CN(C(=O)OC(C)(C)C)C2)cc1. The first-order valence-corrected chi connectivity index (χ1v) is 7.07. The van der Waals surface area contributed by atoms with E-state index in [2.05, 4.69) is 0 Å². The van der Waals surface area contributed by atoms with Crippen molar-refractivity contribution >= 4 is 6.09 Å². The number of carbonyl (C=O) groups excluding carboxylic acids is 1. The Hall–Kier alpha value is -1.75. The molecule has 0 atom stereocenters. The van der Waals surface area contributed by atoms with E-state index < -0.39 is 17.3 Å². The van der Waals surface area contributed by atoms with Crippen LogP contribution in [0.1, 0.15) is 26.3 Å². The second-order valence-electron chi connectivity index (χ2n) is 6.66. The molecule has 1 aliphatic heterocycles. The average Bonchev–Trinajstić information content (AvgIpc) is 2.32. The lowest BCUT2D eigenvalue weighted by Crippen LogP contribution is -2.66. The Bertz CT molecular complexity index is 498. The molecule has 1 aromatic carbocycles. The molecule has 1 aromatic rings. The summed E-state index contributed by atoms with van der Waals surface area (Å²) in [5.74, 6) is 0.713. The van der Waals surface area contributed by atoms with Crippen molar-refractivity contribution in [3.8, 4) is 5.75 Å². The molecule has 0 saturated carbocycles. The van der Waals surface area contributed by atoms with Gasteiger partial charge in [-0.1, -0.05) is 17.7 Å². The van der Waals surface area contributed by atoms with E-state index in [-0.39, 0.29) is 19.7 Å². The molecule has 1 aliphatic rings. The van der Waals surface area contributed by atoms with Gasteiger partial charge in [0.25, 0.3) is 0 Å². The summed E-state index contributed by atoms with van der Waals surface area (Å²) in [5.41, 5.74) is -0.369. The van der Waals surface area contributed by atoms with Crippen LogP contribution < -0.4 is 4.74 Å². The topological polar surface area (TPSA) is 59.0 Å². The molecule has 0 unspecified atom stereocenters. The van der Waals surface area contributed by atoms with Gasteiger partial charge in [-0.15, -0.1) is 0 Å². The first kappa shape index (κ1) is 15.6. The van der Waals surface area contributed by atoms with Crippen LogP contribution in [0, 0.1) is 6.92 Å². The van der Waals surface area contributed by atoms with Crippen molar-refractivity contribution in [1.29, 1.82) is 0 Å². The summed E-state index contributed by atoms with van der Waals surface area (Å²) in [7, 11) is 0. The summed E-state index contributed by atoms with van der Waals surface area (Å²) in [6.45, 7) is 8.07. The molecule has 116 valence electrons. The van der Waals surface area contributed by atoms with Gasteiger partial charge in [-0.05, 0) is 39.8 Å². The van der Waals surface area contributed by atoms with Gasteiger partial charge < -0.3 is 19.5 Å². The van der Waals surface area contributed by atoms with Crippen molar-refractivity contribution in [3.63, 3.8) is 0 Å². The summed E-state index contributed by atoms with van der Waals surface area (Å²) in [5, 5.41) is 10.3. The van der Waals surface area contributed by atoms with Gasteiger partial charge in [0.2, 0.25) is 0 Å². The maximum atomic E-state index is 11.8. The van der Waals surface area contributed by atoms with Crippen molar-refractivity contribution in [3.05, 3.63) is 29.8 Å². The number of likely N-dealkylation sites (tertiary alicyclic amines) is 1. The number of nitrogens with zero attached hydrogens (tertiary/aromatic N) is 1. The summed E-state index contributed by atoms with van der Waals surface area (Å²) < 4.78 is 10.8. The van der Waals surface area contributed by atoms with E-state index in [1.165, 1.54) is 4.90 Å². The minimum atomic E-state index is -0.998. The summed E-state index contributed by atoms with van der Waals surface area (Å²) in [4.78, 5) is 13.3. The molecule has 1 amide bonds. The van der Waals surface area contributed by atoms with Gasteiger partial charge in [0.15, 0.2) is 0 Å². The molecule has 5 nitrogen and oxygen atoms in total. The molecule has 21 heavy (non-hydrogen) atoms. The molecule has 0 spiro atoms. The smallest absolute Gasteiger partial charge is 0.410 e. The Morgan fingerprint density at radius 1 is 1.29 bits per heavy atom. The van der Waals surface area contributed by atoms with Gasteiger partial charge in [-0.25, -0.2) is 4.79 Å². The fraction of sp³-hybridized carbons (Fsp3) is 0.562. The number of rotatable bonds is 3. The zero-order valence-corrected chi connectivity index (χ0v) is 13.0. The van der Waals surface area contributed by atoms with Gasteiger partial charge in [0, 0.05) is 0 Å². The lowest BCUT2D eigenvalue weighted by Gasteiger charge is -2.45. The van der Waals surface area contributed by atoms with E-state index in [4.69, 9.17) is 9.47 Å². The monoisotopic (exact) mass is 293 g/mol. The van der Waals surface area contributed by atoms with Crippen molar-refractivity contribution in [1.82, 2.24) is 4.90 Å². The van der Waals surface area contributed by atoms with Crippen LogP contribution in [0.3, 0.4) is 0 Å². The van der Waals surface area contributed by atoms with Crippen molar-refractivity contribution in [2.45, 2.75) is 38.9 Å². The van der Waals surface area contributed by atoms with E-state index in [0.29, 0.717) is 5.75 Å². The van der Waals surface area contributed by atoms with Gasteiger partial charge in [0.1, 0.15) is 23.6 Å². The van der Waals surface area contributed by atoms with Crippen LogP contribution in [0.4, 0.5) is 4.79 Å². The number of aryl methyl sites for hydroxylation is 1. The molecular weight excluding hydrogens is 270 g/mol. The molecule has 2 rings (SSSR count). The Balaban J connectivity index is 1.79.